The van der Waals surface area contributed by atoms with Gasteiger partial charge >= 0.3 is 0 Å². The molecule has 0 aliphatic rings. The zero-order valence-corrected chi connectivity index (χ0v) is 15.9. The van der Waals surface area contributed by atoms with Crippen LogP contribution >= 0.6 is 0 Å². The predicted molar refractivity (Wildman–Crippen MR) is 106 cm³/mol. The van der Waals surface area contributed by atoms with Gasteiger partial charge < -0.3 is 14.8 Å². The summed E-state index contributed by atoms with van der Waals surface area (Å²) in [5.41, 5.74) is 1.69. The lowest BCUT2D eigenvalue weighted by Gasteiger charge is -2.11. The maximum atomic E-state index is 5.99. The van der Waals surface area contributed by atoms with Gasteiger partial charge in [-0.3, -0.25) is 4.68 Å². The molecular formula is C20H20N6O2. The molecule has 8 heteroatoms. The molecule has 3 heterocycles. The molecule has 1 aromatic carbocycles. The van der Waals surface area contributed by atoms with Crippen LogP contribution in [0, 0.1) is 6.92 Å². The molecule has 0 aliphatic carbocycles. The van der Waals surface area contributed by atoms with Gasteiger partial charge in [0.15, 0.2) is 5.82 Å². The number of nitrogens with zero attached hydrogens (tertiary/aromatic N) is 5. The number of anilines is 2. The van der Waals surface area contributed by atoms with Gasteiger partial charge in [-0.15, -0.1) is 0 Å². The van der Waals surface area contributed by atoms with Gasteiger partial charge in [0.25, 0.3) is 0 Å². The molecule has 0 saturated carbocycles. The Hall–Kier alpha value is -3.68. The highest BCUT2D eigenvalue weighted by Crippen LogP contribution is 2.30. The van der Waals surface area contributed by atoms with Gasteiger partial charge in [0.2, 0.25) is 5.88 Å². The third-order valence-corrected chi connectivity index (χ3v) is 4.10. The third-order valence-electron chi connectivity index (χ3n) is 4.10. The number of aryl methyl sites for hydroxylation is 2. The second kappa shape index (κ2) is 7.51. The van der Waals surface area contributed by atoms with E-state index in [2.05, 4.69) is 25.4 Å². The molecule has 1 N–H and O–H groups in total. The first-order chi connectivity index (χ1) is 13.6. The minimum atomic E-state index is 0.527. The van der Waals surface area contributed by atoms with Gasteiger partial charge in [-0.2, -0.15) is 5.10 Å². The normalized spacial score (nSPS) is 10.8. The van der Waals surface area contributed by atoms with Crippen LogP contribution in [0.15, 0.2) is 49.1 Å². The molecule has 8 nitrogen and oxygen atoms in total. The quantitative estimate of drug-likeness (QED) is 0.544. The fraction of sp³-hybridized carbons (Fsp3) is 0.200. The molecule has 0 spiro atoms. The molecule has 4 aromatic rings. The monoisotopic (exact) mass is 376 g/mol. The van der Waals surface area contributed by atoms with Crippen molar-refractivity contribution in [2.75, 3.05) is 11.9 Å². The number of aromatic nitrogens is 5. The van der Waals surface area contributed by atoms with Crippen molar-refractivity contribution in [3.63, 3.8) is 0 Å². The number of benzene rings is 1. The van der Waals surface area contributed by atoms with Crippen LogP contribution in [0.4, 0.5) is 11.6 Å². The van der Waals surface area contributed by atoms with E-state index in [0.717, 1.165) is 22.2 Å². The zero-order chi connectivity index (χ0) is 19.5. The lowest BCUT2D eigenvalue weighted by molar-refractivity contribution is 0.337. The molecular weight excluding hydrogens is 356 g/mol. The fourth-order valence-corrected chi connectivity index (χ4v) is 2.80. The van der Waals surface area contributed by atoms with Crippen molar-refractivity contribution in [2.45, 2.75) is 13.8 Å². The highest BCUT2D eigenvalue weighted by molar-refractivity contribution is 5.91. The third kappa shape index (κ3) is 3.71. The highest BCUT2D eigenvalue weighted by atomic mass is 16.5. The summed E-state index contributed by atoms with van der Waals surface area (Å²) in [4.78, 5) is 13.0. The van der Waals surface area contributed by atoms with Crippen molar-refractivity contribution in [2.24, 2.45) is 7.05 Å². The number of hydrogen-bond donors (Lipinski definition) is 1. The molecule has 0 bridgehead atoms. The predicted octanol–water partition coefficient (Wildman–Crippen LogP) is 4.00. The summed E-state index contributed by atoms with van der Waals surface area (Å²) in [6.45, 7) is 4.47. The molecule has 28 heavy (non-hydrogen) atoms. The van der Waals surface area contributed by atoms with Gasteiger partial charge in [0.1, 0.15) is 23.6 Å². The van der Waals surface area contributed by atoms with Crippen LogP contribution in [0.3, 0.4) is 0 Å². The van der Waals surface area contributed by atoms with Crippen molar-refractivity contribution < 1.29 is 9.47 Å². The molecule has 3 aromatic heterocycles. The second-order valence-corrected chi connectivity index (χ2v) is 6.23. The molecule has 0 atom stereocenters. The summed E-state index contributed by atoms with van der Waals surface area (Å²) in [5, 5.41) is 8.38. The van der Waals surface area contributed by atoms with Crippen LogP contribution in [0.1, 0.15) is 12.5 Å². The zero-order valence-electron chi connectivity index (χ0n) is 15.9. The van der Waals surface area contributed by atoms with Gasteiger partial charge in [0, 0.05) is 30.3 Å². The lowest BCUT2D eigenvalue weighted by atomic mass is 10.2. The van der Waals surface area contributed by atoms with Crippen LogP contribution in [-0.4, -0.2) is 31.3 Å². The number of hydrogen-bond acceptors (Lipinski definition) is 7. The summed E-state index contributed by atoms with van der Waals surface area (Å²) in [6, 6.07) is 9.42. The van der Waals surface area contributed by atoms with E-state index in [9.17, 15) is 0 Å². The number of rotatable bonds is 6. The first-order valence-electron chi connectivity index (χ1n) is 8.91. The Labute approximate surface area is 162 Å². The largest absolute Gasteiger partial charge is 0.492 e. The fourth-order valence-electron chi connectivity index (χ4n) is 2.80. The Kier molecular flexibility index (Phi) is 4.76. The minimum absolute atomic E-state index is 0.527. The maximum Gasteiger partial charge on any atom is 0.222 e. The van der Waals surface area contributed by atoms with E-state index in [1.54, 1.807) is 10.9 Å². The second-order valence-electron chi connectivity index (χ2n) is 6.23. The van der Waals surface area contributed by atoms with Gasteiger partial charge in [-0.1, -0.05) is 0 Å². The molecule has 0 saturated heterocycles. The topological polar surface area (TPSA) is 87.0 Å². The molecule has 0 fully saturated rings. The van der Waals surface area contributed by atoms with Crippen molar-refractivity contribution in [3.05, 3.63) is 54.6 Å². The van der Waals surface area contributed by atoms with Crippen molar-refractivity contribution in [1.29, 1.82) is 0 Å². The van der Waals surface area contributed by atoms with E-state index in [-0.39, 0.29) is 0 Å². The Morgan fingerprint density at radius 3 is 2.71 bits per heavy atom. The molecule has 0 unspecified atom stereocenters. The number of nitrogens with one attached hydrogen (secondary N) is 1. The first-order valence-corrected chi connectivity index (χ1v) is 8.91. The SMILES string of the molecule is CCOc1cnc(Oc2ccc3ncnc(Nc4ccn(C)n4)c3c2)c(C)c1. The average Bonchev–Trinajstić information content (AvgIpc) is 3.09. The summed E-state index contributed by atoms with van der Waals surface area (Å²) in [6.07, 6.45) is 5.04. The number of pyridine rings is 1. The van der Waals surface area contributed by atoms with Crippen LogP contribution < -0.4 is 14.8 Å². The molecule has 4 rings (SSSR count). The standard InChI is InChI=1S/C20H20N6O2/c1-4-27-15-9-13(2)20(21-11-15)28-14-5-6-17-16(10-14)19(23-12-22-17)24-18-7-8-26(3)25-18/h5-12H,4H2,1-3H3,(H,22,23,24,25). The van der Waals surface area contributed by atoms with E-state index in [1.807, 2.05) is 57.4 Å². The minimum Gasteiger partial charge on any atom is -0.492 e. The van der Waals surface area contributed by atoms with Gasteiger partial charge in [-0.25, -0.2) is 15.0 Å². The van der Waals surface area contributed by atoms with Crippen molar-refractivity contribution >= 4 is 22.5 Å². The summed E-state index contributed by atoms with van der Waals surface area (Å²) in [5.74, 6) is 3.26. The highest BCUT2D eigenvalue weighted by Gasteiger charge is 2.10. The smallest absolute Gasteiger partial charge is 0.222 e. The summed E-state index contributed by atoms with van der Waals surface area (Å²) in [7, 11) is 1.86. The molecule has 0 radical (unpaired) electrons. The van der Waals surface area contributed by atoms with E-state index in [1.165, 1.54) is 6.33 Å². The van der Waals surface area contributed by atoms with E-state index >= 15 is 0 Å². The van der Waals surface area contributed by atoms with E-state index in [0.29, 0.717) is 29.9 Å². The van der Waals surface area contributed by atoms with Crippen LogP contribution in [0.2, 0.25) is 0 Å². The van der Waals surface area contributed by atoms with Crippen LogP contribution in [0.25, 0.3) is 10.9 Å². The Bertz CT molecular complexity index is 1120. The van der Waals surface area contributed by atoms with Gasteiger partial charge in [-0.05, 0) is 38.1 Å². The number of ether oxygens (including phenoxy) is 2. The Morgan fingerprint density at radius 2 is 1.96 bits per heavy atom. The van der Waals surface area contributed by atoms with Crippen molar-refractivity contribution in [3.8, 4) is 17.4 Å². The lowest BCUT2D eigenvalue weighted by Crippen LogP contribution is -1.98. The summed E-state index contributed by atoms with van der Waals surface area (Å²) < 4.78 is 13.2. The van der Waals surface area contributed by atoms with Crippen molar-refractivity contribution in [1.82, 2.24) is 24.7 Å². The van der Waals surface area contributed by atoms with Gasteiger partial charge in [0.05, 0.1) is 18.3 Å². The van der Waals surface area contributed by atoms with E-state index in [4.69, 9.17) is 9.47 Å². The Balaban J connectivity index is 1.64. The van der Waals surface area contributed by atoms with Crippen LogP contribution in [-0.2, 0) is 7.05 Å². The Morgan fingerprint density at radius 1 is 1.07 bits per heavy atom. The average molecular weight is 376 g/mol. The maximum absolute atomic E-state index is 5.99. The summed E-state index contributed by atoms with van der Waals surface area (Å²) >= 11 is 0. The van der Waals surface area contributed by atoms with Crippen LogP contribution in [0.5, 0.6) is 17.4 Å². The molecule has 142 valence electrons. The first kappa shape index (κ1) is 17.7. The van der Waals surface area contributed by atoms with E-state index < -0.39 is 0 Å². The molecule has 0 aliphatic heterocycles. The number of fused-ring (bicyclic) bond motifs is 1. The molecule has 0 amide bonds.